The van der Waals surface area contributed by atoms with E-state index in [1.165, 1.54) is 44.9 Å². The van der Waals surface area contributed by atoms with Crippen LogP contribution in [0.4, 0.5) is 5.69 Å². The van der Waals surface area contributed by atoms with Gasteiger partial charge in [-0.2, -0.15) is 0 Å². The number of anilines is 1. The lowest BCUT2D eigenvalue weighted by Gasteiger charge is -2.18. The fraction of sp³-hybridized carbons (Fsp3) is 0.562. The fourth-order valence-electron chi connectivity index (χ4n) is 2.78. The molecule has 2 rings (SSSR count). The van der Waals surface area contributed by atoms with Crippen LogP contribution in [0.15, 0.2) is 28.7 Å². The number of amides is 1. The number of nitrogens with one attached hydrogen (secondary N) is 1. The normalized spacial score (nSPS) is 17.2. The molecule has 0 bridgehead atoms. The molecular formula is C16H24BrN2O+. The predicted octanol–water partition coefficient (Wildman–Crippen LogP) is 3.06. The minimum absolute atomic E-state index is 0.0881. The molecule has 1 aliphatic rings. The Morgan fingerprint density at radius 3 is 2.60 bits per heavy atom. The number of benzene rings is 1. The van der Waals surface area contributed by atoms with E-state index in [0.717, 1.165) is 10.2 Å². The first-order chi connectivity index (χ1) is 9.74. The molecule has 0 aliphatic heterocycles. The number of nitrogens with two attached hydrogens (primary N) is 1. The summed E-state index contributed by atoms with van der Waals surface area (Å²) in [5, 5.41) is 5.17. The maximum atomic E-state index is 12.0. The highest BCUT2D eigenvalue weighted by molar-refractivity contribution is 9.10. The number of carbonyl (C=O) groups excluding carboxylic acids is 1. The summed E-state index contributed by atoms with van der Waals surface area (Å²) in [6.07, 6.45) is 9.23. The van der Waals surface area contributed by atoms with Gasteiger partial charge in [0.2, 0.25) is 0 Å². The van der Waals surface area contributed by atoms with Crippen molar-refractivity contribution in [2.45, 2.75) is 51.0 Å². The summed E-state index contributed by atoms with van der Waals surface area (Å²) in [5.74, 6) is 0.0881. The topological polar surface area (TPSA) is 45.7 Å². The predicted molar refractivity (Wildman–Crippen MR) is 85.7 cm³/mol. The van der Waals surface area contributed by atoms with Crippen LogP contribution in [0.25, 0.3) is 0 Å². The summed E-state index contributed by atoms with van der Waals surface area (Å²) < 4.78 is 0.985. The maximum absolute atomic E-state index is 12.0. The van der Waals surface area contributed by atoms with Crippen LogP contribution in [0.2, 0.25) is 0 Å². The van der Waals surface area contributed by atoms with Crippen LogP contribution in [0.3, 0.4) is 0 Å². The third kappa shape index (κ3) is 5.63. The van der Waals surface area contributed by atoms with Crippen molar-refractivity contribution in [3.8, 4) is 0 Å². The fourth-order valence-corrected chi connectivity index (χ4v) is 3.17. The van der Waals surface area contributed by atoms with Gasteiger partial charge in [0, 0.05) is 10.2 Å². The molecule has 0 aromatic heterocycles. The van der Waals surface area contributed by atoms with Gasteiger partial charge in [0.25, 0.3) is 5.91 Å². The van der Waals surface area contributed by atoms with Gasteiger partial charge in [-0.25, -0.2) is 0 Å². The highest BCUT2D eigenvalue weighted by Gasteiger charge is 2.15. The number of rotatable bonds is 4. The SMILES string of the molecule is O=C(C[NH2+]C1CCCCCCC1)Nc1cccc(Br)c1. The number of halogens is 1. The third-order valence-electron chi connectivity index (χ3n) is 3.89. The van der Waals surface area contributed by atoms with Crippen molar-refractivity contribution < 1.29 is 10.1 Å². The van der Waals surface area contributed by atoms with E-state index < -0.39 is 0 Å². The Bertz CT molecular complexity index is 428. The molecule has 1 aromatic carbocycles. The summed E-state index contributed by atoms with van der Waals surface area (Å²) in [7, 11) is 0. The summed E-state index contributed by atoms with van der Waals surface area (Å²) in [5.41, 5.74) is 0.857. The lowest BCUT2D eigenvalue weighted by molar-refractivity contribution is -0.680. The molecule has 0 heterocycles. The monoisotopic (exact) mass is 339 g/mol. The second-order valence-electron chi connectivity index (χ2n) is 5.60. The second kappa shape index (κ2) is 8.42. The van der Waals surface area contributed by atoms with E-state index in [2.05, 4.69) is 26.6 Å². The molecule has 0 unspecified atom stereocenters. The van der Waals surface area contributed by atoms with E-state index in [9.17, 15) is 4.79 Å². The largest absolute Gasteiger partial charge is 0.336 e. The van der Waals surface area contributed by atoms with E-state index in [1.54, 1.807) is 0 Å². The first kappa shape index (κ1) is 15.5. The van der Waals surface area contributed by atoms with Gasteiger partial charge in [-0.3, -0.25) is 4.79 Å². The Kier molecular flexibility index (Phi) is 6.54. The molecule has 1 aliphatic carbocycles. The highest BCUT2D eigenvalue weighted by Crippen LogP contribution is 2.16. The van der Waals surface area contributed by atoms with Gasteiger partial charge in [-0.1, -0.05) is 41.3 Å². The van der Waals surface area contributed by atoms with Gasteiger partial charge < -0.3 is 10.6 Å². The van der Waals surface area contributed by atoms with Crippen molar-refractivity contribution in [3.05, 3.63) is 28.7 Å². The van der Waals surface area contributed by atoms with Crippen LogP contribution >= 0.6 is 15.9 Å². The number of carbonyl (C=O) groups is 1. The van der Waals surface area contributed by atoms with E-state index in [4.69, 9.17) is 0 Å². The van der Waals surface area contributed by atoms with Crippen LogP contribution in [0, 0.1) is 0 Å². The molecule has 20 heavy (non-hydrogen) atoms. The van der Waals surface area contributed by atoms with Gasteiger partial charge >= 0.3 is 0 Å². The smallest absolute Gasteiger partial charge is 0.279 e. The summed E-state index contributed by atoms with van der Waals surface area (Å²) in [6.45, 7) is 0.525. The van der Waals surface area contributed by atoms with E-state index in [1.807, 2.05) is 24.3 Å². The average Bonchev–Trinajstić information content (AvgIpc) is 2.37. The van der Waals surface area contributed by atoms with Crippen molar-refractivity contribution in [2.75, 3.05) is 11.9 Å². The van der Waals surface area contributed by atoms with Crippen LogP contribution in [-0.4, -0.2) is 18.5 Å². The molecule has 0 saturated heterocycles. The third-order valence-corrected chi connectivity index (χ3v) is 4.39. The van der Waals surface area contributed by atoms with E-state index in [-0.39, 0.29) is 5.91 Å². The average molecular weight is 340 g/mol. The summed E-state index contributed by atoms with van der Waals surface area (Å²) in [4.78, 5) is 12.0. The zero-order chi connectivity index (χ0) is 14.2. The van der Waals surface area contributed by atoms with Gasteiger partial charge in [-0.15, -0.1) is 0 Å². The zero-order valence-corrected chi connectivity index (χ0v) is 13.5. The molecule has 0 atom stereocenters. The molecular weight excluding hydrogens is 316 g/mol. The van der Waals surface area contributed by atoms with Crippen molar-refractivity contribution in [2.24, 2.45) is 0 Å². The standard InChI is InChI=1S/C16H23BrN2O/c17-13-7-6-10-15(11-13)19-16(20)12-18-14-8-4-2-1-3-5-9-14/h6-7,10-11,14,18H,1-5,8-9,12H2,(H,19,20)/p+1. The first-order valence-corrected chi connectivity index (χ1v) is 8.42. The molecule has 110 valence electrons. The maximum Gasteiger partial charge on any atom is 0.279 e. The number of quaternary nitrogens is 1. The molecule has 1 fully saturated rings. The minimum atomic E-state index is 0.0881. The molecule has 0 spiro atoms. The van der Waals surface area contributed by atoms with Crippen LogP contribution in [-0.2, 0) is 4.79 Å². The molecule has 1 amide bonds. The van der Waals surface area contributed by atoms with Crippen LogP contribution < -0.4 is 10.6 Å². The molecule has 1 saturated carbocycles. The van der Waals surface area contributed by atoms with Gasteiger partial charge in [0.05, 0.1) is 6.04 Å². The number of hydrogen-bond acceptors (Lipinski definition) is 1. The molecule has 0 radical (unpaired) electrons. The summed E-state index contributed by atoms with van der Waals surface area (Å²) in [6, 6.07) is 8.35. The molecule has 4 heteroatoms. The highest BCUT2D eigenvalue weighted by atomic mass is 79.9. The Hall–Kier alpha value is -0.870. The quantitative estimate of drug-likeness (QED) is 0.869. The van der Waals surface area contributed by atoms with Crippen LogP contribution in [0.5, 0.6) is 0 Å². The first-order valence-electron chi connectivity index (χ1n) is 7.63. The Labute approximate surface area is 129 Å². The van der Waals surface area contributed by atoms with Gasteiger partial charge in [-0.05, 0) is 43.9 Å². The van der Waals surface area contributed by atoms with E-state index >= 15 is 0 Å². The summed E-state index contributed by atoms with van der Waals surface area (Å²) >= 11 is 3.41. The van der Waals surface area contributed by atoms with Crippen LogP contribution in [0.1, 0.15) is 44.9 Å². The Morgan fingerprint density at radius 1 is 1.20 bits per heavy atom. The lowest BCUT2D eigenvalue weighted by atomic mass is 9.97. The molecule has 3 N–H and O–H groups in total. The Balaban J connectivity index is 1.73. The molecule has 3 nitrogen and oxygen atoms in total. The number of hydrogen-bond donors (Lipinski definition) is 2. The van der Waals surface area contributed by atoms with Crippen molar-refractivity contribution in [1.82, 2.24) is 0 Å². The van der Waals surface area contributed by atoms with E-state index in [0.29, 0.717) is 12.6 Å². The Morgan fingerprint density at radius 2 is 1.90 bits per heavy atom. The van der Waals surface area contributed by atoms with Crippen molar-refractivity contribution in [3.63, 3.8) is 0 Å². The second-order valence-corrected chi connectivity index (χ2v) is 6.52. The minimum Gasteiger partial charge on any atom is -0.336 e. The van der Waals surface area contributed by atoms with Gasteiger partial charge in [0.15, 0.2) is 6.54 Å². The van der Waals surface area contributed by atoms with Crippen molar-refractivity contribution in [1.29, 1.82) is 0 Å². The van der Waals surface area contributed by atoms with Crippen molar-refractivity contribution >= 4 is 27.5 Å². The zero-order valence-electron chi connectivity index (χ0n) is 11.9. The van der Waals surface area contributed by atoms with Gasteiger partial charge in [0.1, 0.15) is 0 Å². The molecule has 1 aromatic rings. The lowest BCUT2D eigenvalue weighted by Crippen LogP contribution is -2.91.